The summed E-state index contributed by atoms with van der Waals surface area (Å²) in [5.74, 6) is 1.23. The lowest BCUT2D eigenvalue weighted by Gasteiger charge is -2.09. The van der Waals surface area contributed by atoms with Crippen molar-refractivity contribution in [3.05, 3.63) is 90.1 Å². The number of nitrogens with zero attached hydrogens (tertiary/aromatic N) is 1. The van der Waals surface area contributed by atoms with Gasteiger partial charge in [0.05, 0.1) is 16.8 Å². The van der Waals surface area contributed by atoms with Crippen LogP contribution in [0.1, 0.15) is 11.3 Å². The summed E-state index contributed by atoms with van der Waals surface area (Å²) in [5, 5.41) is 14.6. The number of hydrogen-bond donors (Lipinski definition) is 1. The van der Waals surface area contributed by atoms with Crippen LogP contribution in [0.3, 0.4) is 0 Å². The maximum absolute atomic E-state index is 10.6. The van der Waals surface area contributed by atoms with Crippen molar-refractivity contribution in [3.8, 4) is 33.9 Å². The van der Waals surface area contributed by atoms with Gasteiger partial charge in [-0.15, -0.1) is 0 Å². The molecule has 0 saturated heterocycles. The van der Waals surface area contributed by atoms with Gasteiger partial charge in [0, 0.05) is 6.07 Å². The fourth-order valence-electron chi connectivity index (χ4n) is 3.03. The zero-order valence-electron chi connectivity index (χ0n) is 14.9. The van der Waals surface area contributed by atoms with Crippen molar-refractivity contribution in [2.75, 3.05) is 0 Å². The van der Waals surface area contributed by atoms with Gasteiger partial charge in [0.15, 0.2) is 5.76 Å². The van der Waals surface area contributed by atoms with Crippen molar-refractivity contribution >= 4 is 0 Å². The lowest BCUT2D eigenvalue weighted by atomic mass is 9.99. The molecule has 0 aliphatic heterocycles. The van der Waals surface area contributed by atoms with Crippen LogP contribution in [0.4, 0.5) is 0 Å². The first-order valence-corrected chi connectivity index (χ1v) is 8.74. The van der Waals surface area contributed by atoms with Crippen LogP contribution in [0.25, 0.3) is 22.5 Å². The van der Waals surface area contributed by atoms with E-state index in [0.29, 0.717) is 23.7 Å². The smallest absolute Gasteiger partial charge is 0.178 e. The number of ether oxygens (including phenoxy) is 1. The summed E-state index contributed by atoms with van der Waals surface area (Å²) >= 11 is 0. The molecule has 1 heterocycles. The molecule has 1 aromatic heterocycles. The van der Waals surface area contributed by atoms with Crippen molar-refractivity contribution in [2.24, 2.45) is 0 Å². The molecule has 0 aliphatic rings. The Morgan fingerprint density at radius 1 is 0.926 bits per heavy atom. The average molecular weight is 357 g/mol. The van der Waals surface area contributed by atoms with Crippen LogP contribution >= 0.6 is 0 Å². The third kappa shape index (κ3) is 3.55. The molecule has 0 aliphatic carbocycles. The van der Waals surface area contributed by atoms with Gasteiger partial charge in [0.25, 0.3) is 0 Å². The van der Waals surface area contributed by atoms with E-state index in [0.717, 1.165) is 22.4 Å². The summed E-state index contributed by atoms with van der Waals surface area (Å²) in [6, 6.07) is 25.0. The SMILES string of the molecule is Cc1noc(-c2ccc(OCc3ccccc3)cc2O)c1-c1ccccc1. The monoisotopic (exact) mass is 357 g/mol. The lowest BCUT2D eigenvalue weighted by Crippen LogP contribution is -1.95. The van der Waals surface area contributed by atoms with E-state index in [2.05, 4.69) is 5.16 Å². The van der Waals surface area contributed by atoms with Crippen molar-refractivity contribution < 1.29 is 14.4 Å². The maximum atomic E-state index is 10.6. The molecule has 4 rings (SSSR count). The minimum absolute atomic E-state index is 0.0916. The van der Waals surface area contributed by atoms with Gasteiger partial charge < -0.3 is 14.4 Å². The minimum Gasteiger partial charge on any atom is -0.507 e. The topological polar surface area (TPSA) is 55.5 Å². The maximum Gasteiger partial charge on any atom is 0.178 e. The highest BCUT2D eigenvalue weighted by molar-refractivity contribution is 5.83. The molecule has 0 saturated carbocycles. The van der Waals surface area contributed by atoms with E-state index < -0.39 is 0 Å². The van der Waals surface area contributed by atoms with Crippen LogP contribution in [-0.2, 0) is 6.61 Å². The number of hydrogen-bond acceptors (Lipinski definition) is 4. The highest BCUT2D eigenvalue weighted by Gasteiger charge is 2.19. The van der Waals surface area contributed by atoms with Gasteiger partial charge in [-0.1, -0.05) is 65.8 Å². The standard InChI is InChI=1S/C23H19NO3/c1-16-22(18-10-6-3-7-11-18)23(27-24-16)20-13-12-19(14-21(20)25)26-15-17-8-4-2-5-9-17/h2-14,25H,15H2,1H3. The van der Waals surface area contributed by atoms with E-state index in [1.807, 2.05) is 73.7 Å². The Hall–Kier alpha value is -3.53. The first kappa shape index (κ1) is 16.9. The first-order chi connectivity index (χ1) is 13.2. The zero-order valence-corrected chi connectivity index (χ0v) is 14.9. The van der Waals surface area contributed by atoms with Crippen LogP contribution < -0.4 is 4.74 Å². The van der Waals surface area contributed by atoms with E-state index in [4.69, 9.17) is 9.26 Å². The van der Waals surface area contributed by atoms with Crippen molar-refractivity contribution in [3.63, 3.8) is 0 Å². The fourth-order valence-corrected chi connectivity index (χ4v) is 3.03. The minimum atomic E-state index is 0.0916. The van der Waals surface area contributed by atoms with Gasteiger partial charge in [0.2, 0.25) is 0 Å². The molecule has 4 nitrogen and oxygen atoms in total. The Morgan fingerprint density at radius 2 is 1.63 bits per heavy atom. The number of rotatable bonds is 5. The summed E-state index contributed by atoms with van der Waals surface area (Å²) in [6.07, 6.45) is 0. The molecule has 0 fully saturated rings. The number of aromatic nitrogens is 1. The van der Waals surface area contributed by atoms with Gasteiger partial charge in [-0.3, -0.25) is 0 Å². The number of phenols is 1. The molecule has 134 valence electrons. The van der Waals surface area contributed by atoms with Gasteiger partial charge in [-0.25, -0.2) is 0 Å². The van der Waals surface area contributed by atoms with Gasteiger partial charge in [0.1, 0.15) is 18.1 Å². The normalized spacial score (nSPS) is 10.7. The predicted octanol–water partition coefficient (Wildman–Crippen LogP) is 5.60. The molecular weight excluding hydrogens is 338 g/mol. The molecule has 1 N–H and O–H groups in total. The number of benzene rings is 3. The molecule has 0 spiro atoms. The van der Waals surface area contributed by atoms with Crippen LogP contribution in [0.5, 0.6) is 11.5 Å². The van der Waals surface area contributed by atoms with Crippen LogP contribution in [0.2, 0.25) is 0 Å². The van der Waals surface area contributed by atoms with Crippen molar-refractivity contribution in [1.29, 1.82) is 0 Å². The Morgan fingerprint density at radius 3 is 2.33 bits per heavy atom. The third-order valence-electron chi connectivity index (χ3n) is 4.39. The molecule has 4 heteroatoms. The summed E-state index contributed by atoms with van der Waals surface area (Å²) in [6.45, 7) is 2.33. The van der Waals surface area contributed by atoms with Crippen LogP contribution in [0, 0.1) is 6.92 Å². The molecule has 4 aromatic rings. The summed E-state index contributed by atoms with van der Waals surface area (Å²) in [4.78, 5) is 0. The lowest BCUT2D eigenvalue weighted by molar-refractivity contribution is 0.304. The van der Waals surface area contributed by atoms with Crippen molar-refractivity contribution in [2.45, 2.75) is 13.5 Å². The molecular formula is C23H19NO3. The van der Waals surface area contributed by atoms with Gasteiger partial charge in [-0.05, 0) is 30.2 Å². The van der Waals surface area contributed by atoms with E-state index >= 15 is 0 Å². The number of aromatic hydroxyl groups is 1. The second-order valence-electron chi connectivity index (χ2n) is 6.29. The third-order valence-corrected chi connectivity index (χ3v) is 4.39. The number of aryl methyl sites for hydroxylation is 1. The van der Waals surface area contributed by atoms with E-state index in [9.17, 15) is 5.11 Å². The highest BCUT2D eigenvalue weighted by Crippen LogP contribution is 2.40. The predicted molar refractivity (Wildman–Crippen MR) is 105 cm³/mol. The van der Waals surface area contributed by atoms with E-state index in [1.54, 1.807) is 12.1 Å². The molecule has 3 aromatic carbocycles. The fraction of sp³-hybridized carbons (Fsp3) is 0.0870. The van der Waals surface area contributed by atoms with E-state index in [-0.39, 0.29) is 5.75 Å². The highest BCUT2D eigenvalue weighted by atomic mass is 16.5. The molecule has 0 radical (unpaired) electrons. The molecule has 0 unspecified atom stereocenters. The largest absolute Gasteiger partial charge is 0.507 e. The zero-order chi connectivity index (χ0) is 18.6. The second-order valence-corrected chi connectivity index (χ2v) is 6.29. The first-order valence-electron chi connectivity index (χ1n) is 8.74. The summed E-state index contributed by atoms with van der Waals surface area (Å²) in [7, 11) is 0. The van der Waals surface area contributed by atoms with Crippen LogP contribution in [0.15, 0.2) is 83.4 Å². The molecule has 0 amide bonds. The van der Waals surface area contributed by atoms with Crippen LogP contribution in [-0.4, -0.2) is 10.3 Å². The van der Waals surface area contributed by atoms with E-state index in [1.165, 1.54) is 0 Å². The second kappa shape index (κ2) is 7.38. The van der Waals surface area contributed by atoms with Gasteiger partial charge >= 0.3 is 0 Å². The van der Waals surface area contributed by atoms with Crippen molar-refractivity contribution in [1.82, 2.24) is 5.16 Å². The number of phenolic OH excluding ortho intramolecular Hbond substituents is 1. The molecule has 0 bridgehead atoms. The Labute approximate surface area is 157 Å². The van der Waals surface area contributed by atoms with Gasteiger partial charge in [-0.2, -0.15) is 0 Å². The molecule has 27 heavy (non-hydrogen) atoms. The summed E-state index contributed by atoms with van der Waals surface area (Å²) < 4.78 is 11.3. The quantitative estimate of drug-likeness (QED) is 0.505. The Kier molecular flexibility index (Phi) is 4.62. The molecule has 0 atom stereocenters. The Balaban J connectivity index is 1.62. The Bertz CT molecular complexity index is 1040. The average Bonchev–Trinajstić information content (AvgIpc) is 3.09. The summed E-state index contributed by atoms with van der Waals surface area (Å²) in [5.41, 5.74) is 4.30.